The SMILES string of the molecule is Cc1nn(C(C)C)cc1CN1CCCN(c2cccnn2)CC1. The first-order valence-electron chi connectivity index (χ1n) is 8.43. The monoisotopic (exact) mass is 314 g/mol. The van der Waals surface area contributed by atoms with E-state index < -0.39 is 0 Å². The molecule has 0 atom stereocenters. The zero-order chi connectivity index (χ0) is 16.2. The van der Waals surface area contributed by atoms with E-state index in [-0.39, 0.29) is 0 Å². The van der Waals surface area contributed by atoms with E-state index in [1.165, 1.54) is 5.56 Å². The van der Waals surface area contributed by atoms with Gasteiger partial charge in [-0.3, -0.25) is 9.58 Å². The van der Waals surface area contributed by atoms with E-state index in [9.17, 15) is 0 Å². The molecule has 23 heavy (non-hydrogen) atoms. The molecule has 2 aromatic heterocycles. The molecule has 0 spiro atoms. The van der Waals surface area contributed by atoms with Gasteiger partial charge in [0.2, 0.25) is 0 Å². The van der Waals surface area contributed by atoms with Gasteiger partial charge in [0.1, 0.15) is 0 Å². The van der Waals surface area contributed by atoms with Gasteiger partial charge in [0.25, 0.3) is 0 Å². The Kier molecular flexibility index (Phi) is 4.91. The third kappa shape index (κ3) is 3.88. The summed E-state index contributed by atoms with van der Waals surface area (Å²) in [6.45, 7) is 11.6. The molecular formula is C17H26N6. The molecule has 0 N–H and O–H groups in total. The van der Waals surface area contributed by atoms with E-state index in [1.54, 1.807) is 6.20 Å². The summed E-state index contributed by atoms with van der Waals surface area (Å²) >= 11 is 0. The van der Waals surface area contributed by atoms with Crippen molar-refractivity contribution in [3.8, 4) is 0 Å². The second-order valence-corrected chi connectivity index (χ2v) is 6.51. The summed E-state index contributed by atoms with van der Waals surface area (Å²) in [7, 11) is 0. The van der Waals surface area contributed by atoms with Crippen molar-refractivity contribution in [1.29, 1.82) is 0 Å². The largest absolute Gasteiger partial charge is 0.354 e. The summed E-state index contributed by atoms with van der Waals surface area (Å²) in [5.41, 5.74) is 2.49. The molecule has 1 fully saturated rings. The lowest BCUT2D eigenvalue weighted by Crippen LogP contribution is -2.31. The van der Waals surface area contributed by atoms with Crippen LogP contribution in [0, 0.1) is 6.92 Å². The Morgan fingerprint density at radius 3 is 2.74 bits per heavy atom. The molecule has 0 radical (unpaired) electrons. The summed E-state index contributed by atoms with van der Waals surface area (Å²) in [5, 5.41) is 12.8. The van der Waals surface area contributed by atoms with Gasteiger partial charge in [-0.05, 0) is 39.3 Å². The van der Waals surface area contributed by atoms with E-state index in [2.05, 4.69) is 56.7 Å². The van der Waals surface area contributed by atoms with Crippen LogP contribution in [0.3, 0.4) is 0 Å². The number of nitrogens with zero attached hydrogens (tertiary/aromatic N) is 6. The molecule has 0 amide bonds. The summed E-state index contributed by atoms with van der Waals surface area (Å²) in [6.07, 6.45) is 5.07. The molecule has 6 heteroatoms. The summed E-state index contributed by atoms with van der Waals surface area (Å²) in [4.78, 5) is 4.85. The van der Waals surface area contributed by atoms with Crippen LogP contribution >= 0.6 is 0 Å². The fourth-order valence-corrected chi connectivity index (χ4v) is 3.00. The van der Waals surface area contributed by atoms with Gasteiger partial charge in [-0.25, -0.2) is 0 Å². The van der Waals surface area contributed by atoms with Crippen LogP contribution in [-0.2, 0) is 6.54 Å². The molecule has 0 unspecified atom stereocenters. The van der Waals surface area contributed by atoms with Crippen molar-refractivity contribution in [3.05, 3.63) is 35.8 Å². The molecule has 0 bridgehead atoms. The normalized spacial score (nSPS) is 16.8. The molecule has 124 valence electrons. The van der Waals surface area contributed by atoms with E-state index in [0.717, 1.165) is 50.7 Å². The molecule has 6 nitrogen and oxygen atoms in total. The third-order valence-electron chi connectivity index (χ3n) is 4.41. The third-order valence-corrected chi connectivity index (χ3v) is 4.41. The van der Waals surface area contributed by atoms with Crippen molar-refractivity contribution in [3.63, 3.8) is 0 Å². The predicted octanol–water partition coefficient (Wildman–Crippen LogP) is 2.27. The fraction of sp³-hybridized carbons (Fsp3) is 0.588. The minimum atomic E-state index is 0.415. The van der Waals surface area contributed by atoms with Crippen LogP contribution in [0.1, 0.15) is 37.6 Å². The van der Waals surface area contributed by atoms with E-state index in [4.69, 9.17) is 0 Å². The Balaban J connectivity index is 1.62. The van der Waals surface area contributed by atoms with Gasteiger partial charge in [0.15, 0.2) is 5.82 Å². The maximum atomic E-state index is 4.62. The molecule has 1 aliphatic rings. The maximum Gasteiger partial charge on any atom is 0.151 e. The van der Waals surface area contributed by atoms with Gasteiger partial charge in [-0.1, -0.05) is 0 Å². The molecule has 2 aromatic rings. The predicted molar refractivity (Wildman–Crippen MR) is 91.5 cm³/mol. The molecular weight excluding hydrogens is 288 g/mol. The Hall–Kier alpha value is -1.95. The summed E-state index contributed by atoms with van der Waals surface area (Å²) < 4.78 is 2.06. The summed E-state index contributed by atoms with van der Waals surface area (Å²) in [6, 6.07) is 4.41. The van der Waals surface area contributed by atoms with Gasteiger partial charge in [-0.15, -0.1) is 5.10 Å². The number of anilines is 1. The number of hydrogen-bond donors (Lipinski definition) is 0. The van der Waals surface area contributed by atoms with Crippen molar-refractivity contribution >= 4 is 5.82 Å². The second kappa shape index (κ2) is 7.08. The summed E-state index contributed by atoms with van der Waals surface area (Å²) in [5.74, 6) is 0.984. The lowest BCUT2D eigenvalue weighted by atomic mass is 10.2. The number of rotatable bonds is 4. The van der Waals surface area contributed by atoms with Crippen molar-refractivity contribution < 1.29 is 0 Å². The van der Waals surface area contributed by atoms with Crippen molar-refractivity contribution in [2.24, 2.45) is 0 Å². The highest BCUT2D eigenvalue weighted by atomic mass is 15.3. The highest BCUT2D eigenvalue weighted by Gasteiger charge is 2.18. The topological polar surface area (TPSA) is 50.1 Å². The zero-order valence-corrected chi connectivity index (χ0v) is 14.3. The Morgan fingerprint density at radius 1 is 1.17 bits per heavy atom. The minimum Gasteiger partial charge on any atom is -0.354 e. The Bertz CT molecular complexity index is 621. The van der Waals surface area contributed by atoms with Gasteiger partial charge in [0, 0.05) is 56.7 Å². The maximum absolute atomic E-state index is 4.62. The number of aromatic nitrogens is 4. The van der Waals surface area contributed by atoms with Crippen LogP contribution in [0.4, 0.5) is 5.82 Å². The zero-order valence-electron chi connectivity index (χ0n) is 14.3. The lowest BCUT2D eigenvalue weighted by Gasteiger charge is -2.22. The number of hydrogen-bond acceptors (Lipinski definition) is 5. The van der Waals surface area contributed by atoms with E-state index in [0.29, 0.717) is 6.04 Å². The molecule has 0 aliphatic carbocycles. The molecule has 1 aliphatic heterocycles. The highest BCUT2D eigenvalue weighted by Crippen LogP contribution is 2.16. The fourth-order valence-electron chi connectivity index (χ4n) is 3.00. The van der Waals surface area contributed by atoms with Crippen LogP contribution in [0.25, 0.3) is 0 Å². The van der Waals surface area contributed by atoms with Gasteiger partial charge < -0.3 is 4.90 Å². The number of aryl methyl sites for hydroxylation is 1. The molecule has 0 saturated carbocycles. The molecule has 0 aromatic carbocycles. The molecule has 3 rings (SSSR count). The van der Waals surface area contributed by atoms with E-state index in [1.807, 2.05) is 12.1 Å². The average Bonchev–Trinajstić information content (AvgIpc) is 2.77. The van der Waals surface area contributed by atoms with E-state index >= 15 is 0 Å². The standard InChI is InChI=1S/C17H26N6/c1-14(2)23-13-16(15(3)20-23)12-21-8-5-9-22(11-10-21)17-6-4-7-18-19-17/h4,6-7,13-14H,5,8-12H2,1-3H3. The first kappa shape index (κ1) is 15.9. The Labute approximate surface area is 138 Å². The van der Waals surface area contributed by atoms with Crippen LogP contribution in [-0.4, -0.2) is 51.1 Å². The van der Waals surface area contributed by atoms with Gasteiger partial charge in [0.05, 0.1) is 5.69 Å². The van der Waals surface area contributed by atoms with Crippen LogP contribution in [0.15, 0.2) is 24.5 Å². The highest BCUT2D eigenvalue weighted by molar-refractivity contribution is 5.36. The minimum absolute atomic E-state index is 0.415. The van der Waals surface area contributed by atoms with Crippen LogP contribution in [0.5, 0.6) is 0 Å². The van der Waals surface area contributed by atoms with Gasteiger partial charge in [-0.2, -0.15) is 10.2 Å². The van der Waals surface area contributed by atoms with Crippen molar-refractivity contribution in [2.75, 3.05) is 31.1 Å². The van der Waals surface area contributed by atoms with Crippen LogP contribution in [0.2, 0.25) is 0 Å². The first-order valence-corrected chi connectivity index (χ1v) is 8.43. The molecule has 3 heterocycles. The van der Waals surface area contributed by atoms with Crippen molar-refractivity contribution in [1.82, 2.24) is 24.9 Å². The molecule has 1 saturated heterocycles. The van der Waals surface area contributed by atoms with Crippen LogP contribution < -0.4 is 4.90 Å². The second-order valence-electron chi connectivity index (χ2n) is 6.51. The smallest absolute Gasteiger partial charge is 0.151 e. The quantitative estimate of drug-likeness (QED) is 0.866. The van der Waals surface area contributed by atoms with Crippen molar-refractivity contribution in [2.45, 2.75) is 39.8 Å². The lowest BCUT2D eigenvalue weighted by molar-refractivity contribution is 0.284. The average molecular weight is 314 g/mol. The first-order chi connectivity index (χ1) is 11.1. The van der Waals surface area contributed by atoms with Gasteiger partial charge >= 0.3 is 0 Å². The Morgan fingerprint density at radius 2 is 2.04 bits per heavy atom.